The number of hydrogen-bond donors (Lipinski definition) is 2. The lowest BCUT2D eigenvalue weighted by molar-refractivity contribution is -0.150. The predicted molar refractivity (Wildman–Crippen MR) is 199 cm³/mol. The lowest BCUT2D eigenvalue weighted by Crippen LogP contribution is -2.44. The first-order valence-corrected chi connectivity index (χ1v) is 19.3. The van der Waals surface area contributed by atoms with Gasteiger partial charge >= 0.3 is 23.9 Å². The molecular formula is C38H39N3O12S2. The number of nitrogens with one attached hydrogen (secondary N) is 2. The molecule has 55 heavy (non-hydrogen) atoms. The van der Waals surface area contributed by atoms with Crippen molar-refractivity contribution in [3.05, 3.63) is 66.9 Å². The topological polar surface area (TPSA) is 201 Å². The lowest BCUT2D eigenvalue weighted by atomic mass is 9.88. The third-order valence-electron chi connectivity index (χ3n) is 9.87. The third-order valence-corrected chi connectivity index (χ3v) is 12.2. The molecule has 3 heterocycles. The summed E-state index contributed by atoms with van der Waals surface area (Å²) in [5.74, 6) is -5.44. The van der Waals surface area contributed by atoms with Crippen LogP contribution in [0.4, 0.5) is 10.0 Å². The summed E-state index contributed by atoms with van der Waals surface area (Å²) in [6.45, 7) is 4.01. The Labute approximate surface area is 323 Å². The van der Waals surface area contributed by atoms with E-state index in [1.807, 2.05) is 0 Å². The predicted octanol–water partition coefficient (Wildman–Crippen LogP) is 4.59. The van der Waals surface area contributed by atoms with Gasteiger partial charge in [0.1, 0.15) is 16.0 Å². The van der Waals surface area contributed by atoms with E-state index in [1.165, 1.54) is 55.9 Å². The Morgan fingerprint density at radius 1 is 0.745 bits per heavy atom. The normalized spacial score (nSPS) is 17.7. The lowest BCUT2D eigenvalue weighted by Gasteiger charge is -2.20. The fourth-order valence-electron chi connectivity index (χ4n) is 6.95. The number of benzene rings is 1. The molecule has 15 nitrogen and oxygen atoms in total. The number of thiophene rings is 2. The molecule has 0 spiro atoms. The second-order valence-corrected chi connectivity index (χ2v) is 16.0. The number of fused-ring (bicyclic) bond motifs is 3. The molecule has 3 aromatic rings. The number of hydrogen-bond acceptors (Lipinski definition) is 14. The molecule has 1 aromatic carbocycles. The van der Waals surface area contributed by atoms with Crippen molar-refractivity contribution in [2.24, 2.45) is 11.8 Å². The number of nitrogens with zero attached hydrogens (tertiary/aromatic N) is 1. The second kappa shape index (κ2) is 16.1. The number of amides is 4. The number of carbonyl (C=O) groups excluding carboxylic acids is 8. The van der Waals surface area contributed by atoms with Crippen molar-refractivity contribution in [2.45, 2.75) is 65.3 Å². The summed E-state index contributed by atoms with van der Waals surface area (Å²) in [4.78, 5) is 106. The average Bonchev–Trinajstić information content (AvgIpc) is 3.78. The minimum absolute atomic E-state index is 0.0747. The van der Waals surface area contributed by atoms with E-state index < -0.39 is 66.8 Å². The maximum Gasteiger partial charge on any atom is 0.341 e. The highest BCUT2D eigenvalue weighted by Gasteiger charge is 2.42. The minimum Gasteiger partial charge on any atom is -0.465 e. The molecular weight excluding hydrogens is 755 g/mol. The van der Waals surface area contributed by atoms with Gasteiger partial charge in [0.05, 0.1) is 42.0 Å². The van der Waals surface area contributed by atoms with Gasteiger partial charge in [-0.2, -0.15) is 0 Å². The summed E-state index contributed by atoms with van der Waals surface area (Å²) < 4.78 is 20.2. The van der Waals surface area contributed by atoms with E-state index in [4.69, 9.17) is 18.9 Å². The quantitative estimate of drug-likeness (QED) is 0.156. The Balaban J connectivity index is 1.05. The van der Waals surface area contributed by atoms with Crippen molar-refractivity contribution in [3.8, 4) is 0 Å². The minimum atomic E-state index is -1.44. The van der Waals surface area contributed by atoms with E-state index >= 15 is 0 Å². The van der Waals surface area contributed by atoms with Crippen LogP contribution in [0.3, 0.4) is 0 Å². The van der Waals surface area contributed by atoms with Crippen LogP contribution in [0.25, 0.3) is 0 Å². The Bertz CT molecular complexity index is 2140. The average molecular weight is 794 g/mol. The molecule has 0 saturated carbocycles. The zero-order chi connectivity index (χ0) is 39.7. The second-order valence-electron chi connectivity index (χ2n) is 13.8. The molecule has 2 aromatic heterocycles. The van der Waals surface area contributed by atoms with Crippen LogP contribution < -0.4 is 10.6 Å². The van der Waals surface area contributed by atoms with Crippen LogP contribution in [0.1, 0.15) is 106 Å². The molecule has 2 N–H and O–H groups in total. The molecule has 3 aliphatic rings. The van der Waals surface area contributed by atoms with Gasteiger partial charge in [-0.15, -0.1) is 22.7 Å². The van der Waals surface area contributed by atoms with Gasteiger partial charge in [-0.25, -0.2) is 19.2 Å². The molecule has 2 aliphatic carbocycles. The Morgan fingerprint density at radius 2 is 1.24 bits per heavy atom. The third kappa shape index (κ3) is 7.89. The number of rotatable bonds is 11. The van der Waals surface area contributed by atoms with Crippen LogP contribution in [0.2, 0.25) is 0 Å². The molecule has 0 radical (unpaired) electrons. The summed E-state index contributed by atoms with van der Waals surface area (Å²) in [6.07, 6.45) is 4.64. The SMILES string of the molecule is COC(=O)c1c(NC(=O)COC(=O)c2ccc3c(c2)C(=O)N([C@H](C)C(=O)OCC(=O)Nc2sc4c(c2C(=O)OC)CC[C@@H](C)C4)C3=O)sc2c1CC[C@@H](C)C2. The van der Waals surface area contributed by atoms with Crippen LogP contribution in [0.5, 0.6) is 0 Å². The van der Waals surface area contributed by atoms with Gasteiger partial charge in [0.15, 0.2) is 13.2 Å². The first-order chi connectivity index (χ1) is 26.2. The Kier molecular flexibility index (Phi) is 11.5. The monoisotopic (exact) mass is 793 g/mol. The Hall–Kier alpha value is -5.42. The van der Waals surface area contributed by atoms with Gasteiger partial charge < -0.3 is 29.6 Å². The van der Waals surface area contributed by atoms with E-state index in [9.17, 15) is 38.4 Å². The van der Waals surface area contributed by atoms with Gasteiger partial charge in [-0.05, 0) is 86.6 Å². The van der Waals surface area contributed by atoms with E-state index in [0.29, 0.717) is 45.1 Å². The molecule has 6 rings (SSSR count). The number of methoxy groups -OCH3 is 2. The number of ether oxygens (including phenoxy) is 4. The van der Waals surface area contributed by atoms with Crippen molar-refractivity contribution in [1.82, 2.24) is 4.90 Å². The number of anilines is 2. The highest BCUT2D eigenvalue weighted by molar-refractivity contribution is 7.17. The van der Waals surface area contributed by atoms with Crippen molar-refractivity contribution in [1.29, 1.82) is 0 Å². The molecule has 0 bridgehead atoms. The van der Waals surface area contributed by atoms with E-state index in [-0.39, 0.29) is 22.3 Å². The summed E-state index contributed by atoms with van der Waals surface area (Å²) in [5.41, 5.74) is 1.87. The van der Waals surface area contributed by atoms with Crippen LogP contribution in [0, 0.1) is 11.8 Å². The maximum atomic E-state index is 13.4. The van der Waals surface area contributed by atoms with Crippen LogP contribution in [-0.4, -0.2) is 85.9 Å². The van der Waals surface area contributed by atoms with Crippen LogP contribution in [-0.2, 0) is 59.0 Å². The summed E-state index contributed by atoms with van der Waals surface area (Å²) in [5, 5.41) is 5.88. The van der Waals surface area contributed by atoms with Crippen LogP contribution in [0.15, 0.2) is 18.2 Å². The van der Waals surface area contributed by atoms with E-state index in [0.717, 1.165) is 52.6 Å². The standard InChI is InChI=1S/C38H39N3O12S2/c1-17-6-9-22-25(12-17)54-31(29(22)37(48)50-4)39-27(42)15-52-35(46)19(3)41-33(44)21-11-8-20(14-24(21)34(41)45)36(47)53-16-28(43)40-32-30(38(49)51-5)23-10-7-18(2)13-26(23)55-32/h8,11,14,17-19H,6-7,9-10,12-13,15-16H2,1-5H3,(H,39,42)(H,40,43)/t17-,18-,19-/m1/s1. The van der Waals surface area contributed by atoms with Crippen molar-refractivity contribution >= 4 is 80.2 Å². The first kappa shape index (κ1) is 39.3. The van der Waals surface area contributed by atoms with Gasteiger partial charge in [-0.1, -0.05) is 13.8 Å². The summed E-state index contributed by atoms with van der Waals surface area (Å²) >= 11 is 2.55. The number of carbonyl (C=O) groups is 8. The molecule has 0 saturated heterocycles. The van der Waals surface area contributed by atoms with Gasteiger partial charge in [0.25, 0.3) is 23.6 Å². The van der Waals surface area contributed by atoms with Gasteiger partial charge in [0, 0.05) is 9.75 Å². The summed E-state index contributed by atoms with van der Waals surface area (Å²) in [7, 11) is 2.51. The van der Waals surface area contributed by atoms with Crippen molar-refractivity contribution in [3.63, 3.8) is 0 Å². The van der Waals surface area contributed by atoms with Crippen molar-refractivity contribution in [2.75, 3.05) is 38.1 Å². The Morgan fingerprint density at radius 3 is 1.75 bits per heavy atom. The zero-order valence-electron chi connectivity index (χ0n) is 30.8. The maximum absolute atomic E-state index is 13.4. The molecule has 4 amide bonds. The van der Waals surface area contributed by atoms with Crippen molar-refractivity contribution < 1.29 is 57.3 Å². The number of esters is 4. The fraction of sp³-hybridized carbons (Fsp3) is 0.421. The van der Waals surface area contributed by atoms with Gasteiger partial charge in [-0.3, -0.25) is 24.1 Å². The zero-order valence-corrected chi connectivity index (χ0v) is 32.4. The molecule has 1 aliphatic heterocycles. The molecule has 0 unspecified atom stereocenters. The van der Waals surface area contributed by atoms with Gasteiger partial charge in [0.2, 0.25) is 0 Å². The molecule has 3 atom stereocenters. The van der Waals surface area contributed by atoms with Crippen LogP contribution >= 0.6 is 22.7 Å². The largest absolute Gasteiger partial charge is 0.465 e. The van der Waals surface area contributed by atoms with E-state index in [1.54, 1.807) is 0 Å². The van der Waals surface area contributed by atoms with E-state index in [2.05, 4.69) is 24.5 Å². The highest BCUT2D eigenvalue weighted by atomic mass is 32.1. The first-order valence-electron chi connectivity index (χ1n) is 17.6. The highest BCUT2D eigenvalue weighted by Crippen LogP contribution is 2.41. The smallest absolute Gasteiger partial charge is 0.341 e. The number of imide groups is 1. The molecule has 290 valence electrons. The summed E-state index contributed by atoms with van der Waals surface area (Å²) in [6, 6.07) is 2.17. The molecule has 17 heteroatoms. The molecule has 0 fully saturated rings. The fourth-order valence-corrected chi connectivity index (χ4v) is 9.78.